The third kappa shape index (κ3) is 3.15. The van der Waals surface area contributed by atoms with Crippen molar-refractivity contribution < 1.29 is 9.32 Å². The fraction of sp³-hybridized carbons (Fsp3) is 0.412. The fourth-order valence-electron chi connectivity index (χ4n) is 2.52. The van der Waals surface area contributed by atoms with Crippen LogP contribution in [-0.4, -0.2) is 11.1 Å². The van der Waals surface area contributed by atoms with Crippen LogP contribution in [0.3, 0.4) is 0 Å². The molecule has 2 rings (SSSR count). The van der Waals surface area contributed by atoms with E-state index in [1.165, 1.54) is 11.1 Å². The van der Waals surface area contributed by atoms with E-state index in [-0.39, 0.29) is 11.9 Å². The Morgan fingerprint density at radius 3 is 2.71 bits per heavy atom. The number of hydrogen-bond donors (Lipinski definition) is 1. The molecule has 0 radical (unpaired) electrons. The maximum Gasteiger partial charge on any atom is 0.257 e. The molecule has 1 amide bonds. The lowest BCUT2D eigenvalue weighted by molar-refractivity contribution is 0.0937. The van der Waals surface area contributed by atoms with Crippen LogP contribution < -0.4 is 5.32 Å². The van der Waals surface area contributed by atoms with E-state index in [2.05, 4.69) is 42.5 Å². The van der Waals surface area contributed by atoms with E-state index in [1.807, 2.05) is 13.8 Å². The van der Waals surface area contributed by atoms with E-state index >= 15 is 0 Å². The number of aryl methyl sites for hydroxylation is 4. The van der Waals surface area contributed by atoms with E-state index in [1.54, 1.807) is 6.92 Å². The zero-order valence-corrected chi connectivity index (χ0v) is 13.3. The standard InChI is InChI=1S/C17H22N2O2/c1-6-15-16(13(5)21-19-15)17(20)18-12(4)14-9-10(2)7-8-11(14)3/h7-9,12H,6H2,1-5H3,(H,18,20). The molecule has 0 fully saturated rings. The van der Waals surface area contributed by atoms with Gasteiger partial charge in [-0.05, 0) is 45.2 Å². The SMILES string of the molecule is CCc1noc(C)c1C(=O)NC(C)c1cc(C)ccc1C. The molecule has 0 aliphatic rings. The molecule has 112 valence electrons. The number of carbonyl (C=O) groups is 1. The van der Waals surface area contributed by atoms with Gasteiger partial charge in [0, 0.05) is 0 Å². The van der Waals surface area contributed by atoms with E-state index in [0.717, 1.165) is 5.56 Å². The van der Waals surface area contributed by atoms with Crippen LogP contribution in [0.5, 0.6) is 0 Å². The second-order valence-electron chi connectivity index (χ2n) is 5.47. The minimum atomic E-state index is -0.126. The molecule has 0 aliphatic carbocycles. The molecule has 4 nitrogen and oxygen atoms in total. The zero-order valence-electron chi connectivity index (χ0n) is 13.3. The number of benzene rings is 1. The van der Waals surface area contributed by atoms with Gasteiger partial charge in [-0.2, -0.15) is 0 Å². The molecule has 0 bridgehead atoms. The third-order valence-electron chi connectivity index (χ3n) is 3.74. The molecule has 4 heteroatoms. The summed E-state index contributed by atoms with van der Waals surface area (Å²) in [6.45, 7) is 9.83. The summed E-state index contributed by atoms with van der Waals surface area (Å²) in [4.78, 5) is 12.5. The molecule has 1 atom stereocenters. The molecule has 0 saturated heterocycles. The first kappa shape index (κ1) is 15.3. The van der Waals surface area contributed by atoms with Gasteiger partial charge in [-0.15, -0.1) is 0 Å². The van der Waals surface area contributed by atoms with Crippen molar-refractivity contribution in [1.82, 2.24) is 10.5 Å². The number of carbonyl (C=O) groups excluding carboxylic acids is 1. The average Bonchev–Trinajstić information content (AvgIpc) is 2.82. The summed E-state index contributed by atoms with van der Waals surface area (Å²) in [6.07, 6.45) is 0.679. The molecule has 1 heterocycles. The summed E-state index contributed by atoms with van der Waals surface area (Å²) in [5, 5.41) is 6.97. The van der Waals surface area contributed by atoms with Gasteiger partial charge in [0.05, 0.1) is 11.7 Å². The summed E-state index contributed by atoms with van der Waals surface area (Å²) >= 11 is 0. The largest absolute Gasteiger partial charge is 0.361 e. The monoisotopic (exact) mass is 286 g/mol. The van der Waals surface area contributed by atoms with Gasteiger partial charge in [0.2, 0.25) is 0 Å². The minimum absolute atomic E-state index is 0.0589. The van der Waals surface area contributed by atoms with E-state index < -0.39 is 0 Å². The number of rotatable bonds is 4. The Labute approximate surface area is 125 Å². The van der Waals surface area contributed by atoms with Crippen molar-refractivity contribution in [2.24, 2.45) is 0 Å². The average molecular weight is 286 g/mol. The van der Waals surface area contributed by atoms with Crippen LogP contribution in [0.1, 0.15) is 58.4 Å². The number of hydrogen-bond acceptors (Lipinski definition) is 3. The molecule has 21 heavy (non-hydrogen) atoms. The Balaban J connectivity index is 2.23. The maximum atomic E-state index is 12.5. The first-order valence-electron chi connectivity index (χ1n) is 7.27. The molecule has 1 aromatic carbocycles. The van der Waals surface area contributed by atoms with E-state index in [4.69, 9.17) is 4.52 Å². The van der Waals surface area contributed by atoms with Crippen LogP contribution in [0.2, 0.25) is 0 Å². The Kier molecular flexibility index (Phi) is 4.46. The van der Waals surface area contributed by atoms with Crippen LogP contribution in [0.15, 0.2) is 22.7 Å². The lowest BCUT2D eigenvalue weighted by atomic mass is 9.99. The summed E-state index contributed by atoms with van der Waals surface area (Å²) in [6, 6.07) is 6.21. The second kappa shape index (κ2) is 6.12. The van der Waals surface area contributed by atoms with Crippen molar-refractivity contribution in [3.8, 4) is 0 Å². The lowest BCUT2D eigenvalue weighted by Crippen LogP contribution is -2.28. The van der Waals surface area contributed by atoms with Gasteiger partial charge in [-0.3, -0.25) is 4.79 Å². The Morgan fingerprint density at radius 2 is 2.05 bits per heavy atom. The second-order valence-corrected chi connectivity index (χ2v) is 5.47. The van der Waals surface area contributed by atoms with Crippen molar-refractivity contribution in [2.75, 3.05) is 0 Å². The van der Waals surface area contributed by atoms with Crippen molar-refractivity contribution in [3.63, 3.8) is 0 Å². The van der Waals surface area contributed by atoms with Gasteiger partial charge in [-0.25, -0.2) is 0 Å². The molecular weight excluding hydrogens is 264 g/mol. The van der Waals surface area contributed by atoms with Crippen LogP contribution >= 0.6 is 0 Å². The Hall–Kier alpha value is -2.10. The first-order valence-corrected chi connectivity index (χ1v) is 7.27. The summed E-state index contributed by atoms with van der Waals surface area (Å²) in [5.41, 5.74) is 4.77. The predicted octanol–water partition coefficient (Wildman–Crippen LogP) is 3.65. The highest BCUT2D eigenvalue weighted by Crippen LogP contribution is 2.21. The number of nitrogens with zero attached hydrogens (tertiary/aromatic N) is 1. The highest BCUT2D eigenvalue weighted by Gasteiger charge is 2.21. The topological polar surface area (TPSA) is 55.1 Å². The highest BCUT2D eigenvalue weighted by atomic mass is 16.5. The summed E-state index contributed by atoms with van der Waals surface area (Å²) in [5.74, 6) is 0.441. The minimum Gasteiger partial charge on any atom is -0.361 e. The van der Waals surface area contributed by atoms with Crippen molar-refractivity contribution >= 4 is 5.91 Å². The highest BCUT2D eigenvalue weighted by molar-refractivity contribution is 5.96. The fourth-order valence-corrected chi connectivity index (χ4v) is 2.52. The van der Waals surface area contributed by atoms with Crippen molar-refractivity contribution in [2.45, 2.75) is 47.1 Å². The molecule has 0 aliphatic heterocycles. The van der Waals surface area contributed by atoms with Crippen LogP contribution in [0.25, 0.3) is 0 Å². The smallest absolute Gasteiger partial charge is 0.257 e. The van der Waals surface area contributed by atoms with Gasteiger partial charge in [0.25, 0.3) is 5.91 Å². The number of aromatic nitrogens is 1. The zero-order chi connectivity index (χ0) is 15.6. The third-order valence-corrected chi connectivity index (χ3v) is 3.74. The molecule has 0 spiro atoms. The van der Waals surface area contributed by atoms with Gasteiger partial charge in [0.15, 0.2) is 0 Å². The Bertz CT molecular complexity index is 659. The van der Waals surface area contributed by atoms with Gasteiger partial charge < -0.3 is 9.84 Å². The van der Waals surface area contributed by atoms with Crippen molar-refractivity contribution in [3.05, 3.63) is 51.9 Å². The predicted molar refractivity (Wildman–Crippen MR) is 82.4 cm³/mol. The maximum absolute atomic E-state index is 12.5. The van der Waals surface area contributed by atoms with Crippen LogP contribution in [0.4, 0.5) is 0 Å². The molecule has 1 aromatic heterocycles. The van der Waals surface area contributed by atoms with E-state index in [9.17, 15) is 4.79 Å². The molecule has 0 saturated carbocycles. The quantitative estimate of drug-likeness (QED) is 0.933. The lowest BCUT2D eigenvalue weighted by Gasteiger charge is -2.17. The Morgan fingerprint density at radius 1 is 1.33 bits per heavy atom. The van der Waals surface area contributed by atoms with E-state index in [0.29, 0.717) is 23.4 Å². The van der Waals surface area contributed by atoms with Gasteiger partial charge in [0.1, 0.15) is 11.3 Å². The van der Waals surface area contributed by atoms with Crippen LogP contribution in [0, 0.1) is 20.8 Å². The summed E-state index contributed by atoms with van der Waals surface area (Å²) < 4.78 is 5.13. The van der Waals surface area contributed by atoms with Crippen molar-refractivity contribution in [1.29, 1.82) is 0 Å². The molecule has 1 unspecified atom stereocenters. The number of nitrogens with one attached hydrogen (secondary N) is 1. The van der Waals surface area contributed by atoms with Crippen LogP contribution in [-0.2, 0) is 6.42 Å². The molecule has 1 N–H and O–H groups in total. The van der Waals surface area contributed by atoms with Gasteiger partial charge >= 0.3 is 0 Å². The molecule has 2 aromatic rings. The molecular formula is C17H22N2O2. The number of amides is 1. The first-order chi connectivity index (χ1) is 9.93. The van der Waals surface area contributed by atoms with Gasteiger partial charge in [-0.1, -0.05) is 35.8 Å². The normalized spacial score (nSPS) is 12.2. The summed E-state index contributed by atoms with van der Waals surface area (Å²) in [7, 11) is 0.